The maximum absolute atomic E-state index is 12.6. The molecule has 0 bridgehead atoms. The molecule has 2 saturated heterocycles. The van der Waals surface area contributed by atoms with Gasteiger partial charge in [0.1, 0.15) is 6.26 Å². The molecule has 1 aromatic rings. The van der Waals surface area contributed by atoms with Crippen LogP contribution in [0.2, 0.25) is 0 Å². The lowest BCUT2D eigenvalue weighted by atomic mass is 9.97. The Hall–Kier alpha value is -1.44. The van der Waals surface area contributed by atoms with Gasteiger partial charge in [-0.05, 0) is 44.7 Å². The summed E-state index contributed by atoms with van der Waals surface area (Å²) in [7, 11) is 0. The highest BCUT2D eigenvalue weighted by molar-refractivity contribution is 5.92. The topological polar surface area (TPSA) is 73.6 Å². The lowest BCUT2D eigenvalue weighted by Gasteiger charge is -2.37. The second kappa shape index (κ2) is 7.85. The fourth-order valence-corrected chi connectivity index (χ4v) is 3.73. The Morgan fingerprint density at radius 2 is 1.96 bits per heavy atom. The Morgan fingerprint density at radius 1 is 1.20 bits per heavy atom. The van der Waals surface area contributed by atoms with Crippen LogP contribution in [0.1, 0.15) is 42.1 Å². The normalized spacial score (nSPS) is 23.1. The number of hydrogen-bond acceptors (Lipinski definition) is 6. The average Bonchev–Trinajstić information content (AvgIpc) is 3.37. The third-order valence-electron chi connectivity index (χ3n) is 5.52. The van der Waals surface area contributed by atoms with Gasteiger partial charge in [0.15, 0.2) is 5.69 Å². The molecule has 7 nitrogen and oxygen atoms in total. The molecule has 2 N–H and O–H groups in total. The third kappa shape index (κ3) is 4.59. The molecule has 138 valence electrons. The first-order valence-corrected chi connectivity index (χ1v) is 9.68. The standard InChI is InChI=1S/C18H29N5O2/c24-18(16-13-25-17(21-16)11-20-15-1-2-15)23-9-7-22(8-10-23)12-14-3-5-19-6-4-14/h13-15,19-20H,1-12H2. The van der Waals surface area contributed by atoms with Crippen LogP contribution in [0.4, 0.5) is 0 Å². The highest BCUT2D eigenvalue weighted by Crippen LogP contribution is 2.19. The molecule has 1 amide bonds. The summed E-state index contributed by atoms with van der Waals surface area (Å²) >= 11 is 0. The Morgan fingerprint density at radius 3 is 2.68 bits per heavy atom. The van der Waals surface area contributed by atoms with E-state index in [9.17, 15) is 4.79 Å². The van der Waals surface area contributed by atoms with Gasteiger partial charge >= 0.3 is 0 Å². The number of rotatable bonds is 6. The van der Waals surface area contributed by atoms with E-state index in [2.05, 4.69) is 20.5 Å². The van der Waals surface area contributed by atoms with Crippen molar-refractivity contribution in [3.63, 3.8) is 0 Å². The van der Waals surface area contributed by atoms with Crippen molar-refractivity contribution < 1.29 is 9.21 Å². The van der Waals surface area contributed by atoms with E-state index < -0.39 is 0 Å². The molecule has 3 fully saturated rings. The molecule has 0 atom stereocenters. The summed E-state index contributed by atoms with van der Waals surface area (Å²) in [6.07, 6.45) is 6.52. The number of carbonyl (C=O) groups excluding carboxylic acids is 1. The van der Waals surface area contributed by atoms with Crippen LogP contribution < -0.4 is 10.6 Å². The molecule has 3 heterocycles. The Kier molecular flexibility index (Phi) is 5.33. The zero-order valence-corrected chi connectivity index (χ0v) is 14.9. The molecule has 4 rings (SSSR count). The van der Waals surface area contributed by atoms with Crippen LogP contribution in [0.3, 0.4) is 0 Å². The Balaban J connectivity index is 1.23. The minimum absolute atomic E-state index is 0.00272. The minimum atomic E-state index is 0.00272. The van der Waals surface area contributed by atoms with Crippen molar-refractivity contribution in [3.8, 4) is 0 Å². The van der Waals surface area contributed by atoms with E-state index in [0.29, 0.717) is 24.2 Å². The Bertz CT molecular complexity index is 572. The van der Waals surface area contributed by atoms with Gasteiger partial charge in [-0.15, -0.1) is 0 Å². The average molecular weight is 347 g/mol. The molecular weight excluding hydrogens is 318 g/mol. The van der Waals surface area contributed by atoms with Crippen LogP contribution in [0.25, 0.3) is 0 Å². The van der Waals surface area contributed by atoms with Gasteiger partial charge in [-0.25, -0.2) is 4.98 Å². The predicted molar refractivity (Wildman–Crippen MR) is 94.3 cm³/mol. The van der Waals surface area contributed by atoms with Crippen molar-refractivity contribution in [2.45, 2.75) is 38.3 Å². The summed E-state index contributed by atoms with van der Waals surface area (Å²) < 4.78 is 5.44. The van der Waals surface area contributed by atoms with E-state index in [-0.39, 0.29) is 5.91 Å². The number of oxazole rings is 1. The number of nitrogens with zero attached hydrogens (tertiary/aromatic N) is 3. The number of carbonyl (C=O) groups is 1. The van der Waals surface area contributed by atoms with E-state index in [0.717, 1.165) is 45.2 Å². The molecule has 3 aliphatic rings. The SMILES string of the molecule is O=C(c1coc(CNC2CC2)n1)N1CCN(CC2CCNCC2)CC1. The molecule has 0 spiro atoms. The summed E-state index contributed by atoms with van der Waals surface area (Å²) in [5.41, 5.74) is 0.444. The van der Waals surface area contributed by atoms with Gasteiger partial charge < -0.3 is 20.0 Å². The number of piperazine rings is 1. The molecule has 0 radical (unpaired) electrons. The fraction of sp³-hybridized carbons (Fsp3) is 0.778. The van der Waals surface area contributed by atoms with Crippen LogP contribution >= 0.6 is 0 Å². The van der Waals surface area contributed by atoms with Gasteiger partial charge in [0.05, 0.1) is 6.54 Å². The largest absolute Gasteiger partial charge is 0.447 e. The monoisotopic (exact) mass is 347 g/mol. The second-order valence-electron chi connectivity index (χ2n) is 7.57. The van der Waals surface area contributed by atoms with Crippen LogP contribution in [-0.2, 0) is 6.54 Å². The van der Waals surface area contributed by atoms with E-state index in [4.69, 9.17) is 4.42 Å². The number of piperidine rings is 1. The minimum Gasteiger partial charge on any atom is -0.447 e. The Labute approximate surface area is 149 Å². The van der Waals surface area contributed by atoms with Crippen LogP contribution in [0.15, 0.2) is 10.7 Å². The molecule has 7 heteroatoms. The molecule has 1 aromatic heterocycles. The van der Waals surface area contributed by atoms with E-state index >= 15 is 0 Å². The highest BCUT2D eigenvalue weighted by atomic mass is 16.3. The van der Waals surface area contributed by atoms with Gasteiger partial charge in [-0.3, -0.25) is 9.69 Å². The summed E-state index contributed by atoms with van der Waals surface area (Å²) in [4.78, 5) is 21.4. The zero-order chi connectivity index (χ0) is 17.1. The van der Waals surface area contributed by atoms with E-state index in [1.54, 1.807) is 0 Å². The predicted octanol–water partition coefficient (Wildman–Crippen LogP) is 0.684. The summed E-state index contributed by atoms with van der Waals surface area (Å²) in [6.45, 7) is 7.57. The summed E-state index contributed by atoms with van der Waals surface area (Å²) in [5.74, 6) is 1.42. The molecule has 1 saturated carbocycles. The van der Waals surface area contributed by atoms with Gasteiger partial charge in [0.2, 0.25) is 5.89 Å². The van der Waals surface area contributed by atoms with Crippen LogP contribution in [-0.4, -0.2) is 72.5 Å². The van der Waals surface area contributed by atoms with Gasteiger partial charge in [-0.1, -0.05) is 0 Å². The quantitative estimate of drug-likeness (QED) is 0.789. The first kappa shape index (κ1) is 17.0. The molecular formula is C18H29N5O2. The molecule has 2 aliphatic heterocycles. The maximum Gasteiger partial charge on any atom is 0.275 e. The molecule has 0 aromatic carbocycles. The van der Waals surface area contributed by atoms with Gasteiger partial charge in [0, 0.05) is 38.8 Å². The highest BCUT2D eigenvalue weighted by Gasteiger charge is 2.26. The number of hydrogen-bond donors (Lipinski definition) is 2. The first-order chi connectivity index (χ1) is 12.3. The smallest absolute Gasteiger partial charge is 0.275 e. The summed E-state index contributed by atoms with van der Waals surface area (Å²) in [6, 6.07) is 0.610. The molecule has 25 heavy (non-hydrogen) atoms. The van der Waals surface area contributed by atoms with Crippen LogP contribution in [0, 0.1) is 5.92 Å². The third-order valence-corrected chi connectivity index (χ3v) is 5.52. The zero-order valence-electron chi connectivity index (χ0n) is 14.9. The molecule has 1 aliphatic carbocycles. The lowest BCUT2D eigenvalue weighted by Crippen LogP contribution is -2.50. The maximum atomic E-state index is 12.6. The fourth-order valence-electron chi connectivity index (χ4n) is 3.73. The second-order valence-corrected chi connectivity index (χ2v) is 7.57. The summed E-state index contributed by atoms with van der Waals surface area (Å²) in [5, 5.41) is 6.78. The van der Waals surface area contributed by atoms with Gasteiger partial charge in [-0.2, -0.15) is 0 Å². The number of aromatic nitrogens is 1. The van der Waals surface area contributed by atoms with Crippen molar-refractivity contribution in [1.29, 1.82) is 0 Å². The number of nitrogens with one attached hydrogen (secondary N) is 2. The van der Waals surface area contributed by atoms with Crippen molar-refractivity contribution >= 4 is 5.91 Å². The van der Waals surface area contributed by atoms with E-state index in [1.807, 2.05) is 4.90 Å². The lowest BCUT2D eigenvalue weighted by molar-refractivity contribution is 0.0603. The van der Waals surface area contributed by atoms with Crippen molar-refractivity contribution in [2.75, 3.05) is 45.8 Å². The van der Waals surface area contributed by atoms with Crippen molar-refractivity contribution in [1.82, 2.24) is 25.4 Å². The molecule has 0 unspecified atom stereocenters. The van der Waals surface area contributed by atoms with Gasteiger partial charge in [0.25, 0.3) is 5.91 Å². The van der Waals surface area contributed by atoms with Crippen LogP contribution in [0.5, 0.6) is 0 Å². The number of amides is 1. The van der Waals surface area contributed by atoms with Crippen molar-refractivity contribution in [3.05, 3.63) is 17.8 Å². The first-order valence-electron chi connectivity index (χ1n) is 9.68. The van der Waals surface area contributed by atoms with E-state index in [1.165, 1.54) is 38.5 Å². The van der Waals surface area contributed by atoms with Crippen molar-refractivity contribution in [2.24, 2.45) is 5.92 Å².